The largest absolute Gasteiger partial charge is 0.310 e. The molecule has 0 bridgehead atoms. The Kier molecular flexibility index (Phi) is 8.74. The van der Waals surface area contributed by atoms with E-state index in [1.807, 2.05) is 24.3 Å². The third kappa shape index (κ3) is 6.36. The molecular weight excluding hydrogens is 675 g/mol. The molecule has 0 spiro atoms. The van der Waals surface area contributed by atoms with Crippen molar-refractivity contribution in [2.75, 3.05) is 14.7 Å². The van der Waals surface area contributed by atoms with Gasteiger partial charge in [-0.05, 0) is 101 Å². The molecule has 0 saturated carbocycles. The van der Waals surface area contributed by atoms with Gasteiger partial charge < -0.3 is 4.90 Å². The van der Waals surface area contributed by atoms with Crippen LogP contribution in [0, 0.1) is 3.57 Å². The van der Waals surface area contributed by atoms with Gasteiger partial charge in [-0.15, -0.1) is 0 Å². The van der Waals surface area contributed by atoms with E-state index in [4.69, 9.17) is 4.98 Å². The van der Waals surface area contributed by atoms with Gasteiger partial charge in [0, 0.05) is 49.8 Å². The predicted molar refractivity (Wildman–Crippen MR) is 201 cm³/mol. The molecule has 4 nitrogen and oxygen atoms in total. The van der Waals surface area contributed by atoms with Crippen molar-refractivity contribution in [3.8, 4) is 0 Å². The average Bonchev–Trinajstić information content (AvgIpc) is 3.11. The number of pyridine rings is 1. The third-order valence-corrected chi connectivity index (χ3v) is 8.31. The second-order valence-corrected chi connectivity index (χ2v) is 12.0. The van der Waals surface area contributed by atoms with E-state index in [0.29, 0.717) is 0 Å². The number of halogens is 1. The summed E-state index contributed by atoms with van der Waals surface area (Å²) in [4.78, 5) is 12.2. The molecule has 0 unspecified atom stereocenters. The number of hydrogen-bond donors (Lipinski definition) is 0. The maximum Gasteiger partial charge on any atom is 0.142 e. The van der Waals surface area contributed by atoms with Crippen LogP contribution in [0.4, 0.5) is 51.4 Å². The number of para-hydroxylation sites is 5. The van der Waals surface area contributed by atoms with Crippen LogP contribution in [0.5, 0.6) is 0 Å². The zero-order valence-corrected chi connectivity index (χ0v) is 27.2. The highest BCUT2D eigenvalue weighted by Crippen LogP contribution is 2.43. The van der Waals surface area contributed by atoms with E-state index in [1.54, 1.807) is 0 Å². The first-order chi connectivity index (χ1) is 22.7. The number of nitrogens with zero attached hydrogens (tertiary/aromatic N) is 4. The lowest BCUT2D eigenvalue weighted by Gasteiger charge is -2.32. The topological polar surface area (TPSA) is 22.6 Å². The first kappa shape index (κ1) is 29.3. The highest BCUT2D eigenvalue weighted by atomic mass is 127. The second-order valence-electron chi connectivity index (χ2n) is 10.7. The summed E-state index contributed by atoms with van der Waals surface area (Å²) in [6.45, 7) is 0. The Morgan fingerprint density at radius 2 is 0.630 bits per heavy atom. The van der Waals surface area contributed by atoms with E-state index in [-0.39, 0.29) is 0 Å². The highest BCUT2D eigenvalue weighted by molar-refractivity contribution is 14.1. The van der Waals surface area contributed by atoms with Gasteiger partial charge in [0.15, 0.2) is 0 Å². The highest BCUT2D eigenvalue weighted by Gasteiger charge is 2.23. The molecule has 0 amide bonds. The molecule has 7 aromatic rings. The molecule has 0 aliphatic rings. The van der Waals surface area contributed by atoms with Gasteiger partial charge in [-0.3, -0.25) is 9.80 Å². The van der Waals surface area contributed by atoms with Crippen molar-refractivity contribution in [1.29, 1.82) is 0 Å². The molecule has 0 N–H and O–H groups in total. The summed E-state index contributed by atoms with van der Waals surface area (Å²) in [5.74, 6) is 1.60. The van der Waals surface area contributed by atoms with E-state index >= 15 is 0 Å². The van der Waals surface area contributed by atoms with Crippen LogP contribution >= 0.6 is 22.6 Å². The first-order valence-corrected chi connectivity index (χ1v) is 16.3. The minimum Gasteiger partial charge on any atom is -0.310 e. The van der Waals surface area contributed by atoms with Gasteiger partial charge in [-0.25, -0.2) is 4.98 Å². The third-order valence-electron chi connectivity index (χ3n) is 7.64. The molecule has 0 atom stereocenters. The van der Waals surface area contributed by atoms with E-state index in [9.17, 15) is 0 Å². The summed E-state index contributed by atoms with van der Waals surface area (Å²) in [5, 5.41) is 0. The van der Waals surface area contributed by atoms with Crippen molar-refractivity contribution in [2.24, 2.45) is 0 Å². The standard InChI is InChI=1S/C41H31IN4/c42-32-17-16-28-38(29-32)44(33-18-6-1-7-19-33)39-30-40(45(34-20-8-2-9-21-34)35-22-10-3-11-23-35)43-41(31-39)46(36-24-12-4-13-25-36)37-26-14-5-15-27-37/h1-31H. The maximum absolute atomic E-state index is 5.45. The summed E-state index contributed by atoms with van der Waals surface area (Å²) >= 11 is 2.39. The van der Waals surface area contributed by atoms with Crippen LogP contribution in [0.1, 0.15) is 0 Å². The van der Waals surface area contributed by atoms with Crippen LogP contribution in [0.15, 0.2) is 188 Å². The minimum absolute atomic E-state index is 0.799. The molecule has 46 heavy (non-hydrogen) atoms. The lowest BCUT2D eigenvalue weighted by molar-refractivity contribution is 1.12. The molecule has 6 aromatic carbocycles. The number of anilines is 9. The molecule has 0 fully saturated rings. The Hall–Kier alpha value is -5.40. The lowest BCUT2D eigenvalue weighted by atomic mass is 10.1. The van der Waals surface area contributed by atoms with Crippen molar-refractivity contribution in [1.82, 2.24) is 4.98 Å². The van der Waals surface area contributed by atoms with Crippen molar-refractivity contribution in [3.63, 3.8) is 0 Å². The molecule has 7 rings (SSSR count). The number of benzene rings is 6. The van der Waals surface area contributed by atoms with Gasteiger partial charge in [-0.2, -0.15) is 0 Å². The quantitative estimate of drug-likeness (QED) is 0.139. The van der Waals surface area contributed by atoms with Gasteiger partial charge in [0.05, 0.1) is 5.69 Å². The van der Waals surface area contributed by atoms with Crippen LogP contribution in [-0.2, 0) is 0 Å². The Morgan fingerprint density at radius 1 is 0.304 bits per heavy atom. The van der Waals surface area contributed by atoms with Crippen molar-refractivity contribution in [3.05, 3.63) is 192 Å². The van der Waals surface area contributed by atoms with Gasteiger partial charge in [-0.1, -0.05) is 97.1 Å². The molecule has 0 aliphatic heterocycles. The average molecular weight is 707 g/mol. The summed E-state index contributed by atoms with van der Waals surface area (Å²) < 4.78 is 1.16. The fourth-order valence-corrected chi connectivity index (χ4v) is 6.15. The molecule has 222 valence electrons. The molecule has 0 aliphatic carbocycles. The van der Waals surface area contributed by atoms with E-state index < -0.39 is 0 Å². The van der Waals surface area contributed by atoms with Crippen LogP contribution in [0.25, 0.3) is 0 Å². The number of aromatic nitrogens is 1. The van der Waals surface area contributed by atoms with Gasteiger partial charge >= 0.3 is 0 Å². The summed E-state index contributed by atoms with van der Waals surface area (Å²) in [5.41, 5.74) is 7.21. The van der Waals surface area contributed by atoms with Crippen LogP contribution in [-0.4, -0.2) is 4.98 Å². The second kappa shape index (κ2) is 13.7. The fraction of sp³-hybridized carbons (Fsp3) is 0. The molecule has 1 aromatic heterocycles. The Balaban J connectivity index is 1.53. The molecular formula is C41H31IN4. The van der Waals surface area contributed by atoms with Crippen LogP contribution < -0.4 is 14.7 Å². The zero-order chi connectivity index (χ0) is 31.1. The number of hydrogen-bond acceptors (Lipinski definition) is 4. The van der Waals surface area contributed by atoms with Gasteiger partial charge in [0.1, 0.15) is 11.6 Å². The molecule has 0 saturated heterocycles. The SMILES string of the molecule is Ic1cccc(N(c2ccccc2)c2cc(N(c3ccccc3)c3ccccc3)nc(N(c3ccccc3)c3ccccc3)c2)c1. The Labute approximate surface area is 284 Å². The maximum atomic E-state index is 5.45. The fourth-order valence-electron chi connectivity index (χ4n) is 5.62. The Morgan fingerprint density at radius 3 is 0.978 bits per heavy atom. The summed E-state index contributed by atoms with van der Waals surface area (Å²) in [7, 11) is 0. The molecule has 5 heteroatoms. The van der Waals surface area contributed by atoms with Gasteiger partial charge in [0.25, 0.3) is 0 Å². The van der Waals surface area contributed by atoms with E-state index in [1.165, 1.54) is 0 Å². The smallest absolute Gasteiger partial charge is 0.142 e. The molecule has 0 radical (unpaired) electrons. The van der Waals surface area contributed by atoms with E-state index in [2.05, 4.69) is 201 Å². The summed E-state index contributed by atoms with van der Waals surface area (Å²) in [6, 6.07) is 65.2. The zero-order valence-electron chi connectivity index (χ0n) is 25.1. The Bertz CT molecular complexity index is 1820. The van der Waals surface area contributed by atoms with Crippen molar-refractivity contribution >= 4 is 74.0 Å². The number of rotatable bonds is 9. The van der Waals surface area contributed by atoms with Gasteiger partial charge in [0.2, 0.25) is 0 Å². The molecule has 1 heterocycles. The minimum atomic E-state index is 0.799. The predicted octanol–water partition coefficient (Wildman–Crippen LogP) is 12.1. The summed E-state index contributed by atoms with van der Waals surface area (Å²) in [6.07, 6.45) is 0. The lowest BCUT2D eigenvalue weighted by Crippen LogP contribution is -2.18. The van der Waals surface area contributed by atoms with Crippen LogP contribution in [0.2, 0.25) is 0 Å². The first-order valence-electron chi connectivity index (χ1n) is 15.2. The van der Waals surface area contributed by atoms with E-state index in [0.717, 1.165) is 55.0 Å². The van der Waals surface area contributed by atoms with Crippen LogP contribution in [0.3, 0.4) is 0 Å². The monoisotopic (exact) mass is 706 g/mol. The van der Waals surface area contributed by atoms with Crippen molar-refractivity contribution < 1.29 is 0 Å². The normalized spacial score (nSPS) is 10.7. The van der Waals surface area contributed by atoms with Crippen molar-refractivity contribution in [2.45, 2.75) is 0 Å².